The van der Waals surface area contributed by atoms with E-state index in [-0.39, 0.29) is 15.7 Å². The molecule has 1 heterocycles. The first kappa shape index (κ1) is 24.0. The lowest BCUT2D eigenvalue weighted by Crippen LogP contribution is -2.49. The standard InChI is InChI=1S/C27H17Cl2F3N2O3/c28-18-10-9-13(11-19(18)29)33(26(37)27(30,31)32)12-34-24(35)22-20-14-5-1-2-6-15(14)21(23(22)25(34)36)17-8-4-3-7-16(17)20/h1-11,20-23H,12H2/t20?,21?,22-,23-/m1/s1. The van der Waals surface area contributed by atoms with Crippen molar-refractivity contribution in [3.05, 3.63) is 99.0 Å². The highest BCUT2D eigenvalue weighted by atomic mass is 35.5. The summed E-state index contributed by atoms with van der Waals surface area (Å²) in [5, 5.41) is 0.00658. The van der Waals surface area contributed by atoms with Gasteiger partial charge in [-0.25, -0.2) is 0 Å². The fourth-order valence-corrected chi connectivity index (χ4v) is 6.38. The number of rotatable bonds is 3. The second-order valence-corrected chi connectivity index (χ2v) is 10.2. The minimum absolute atomic E-state index is 0.0733. The monoisotopic (exact) mass is 544 g/mol. The second kappa shape index (κ2) is 8.33. The third-order valence-corrected chi connectivity index (χ3v) is 8.26. The predicted octanol–water partition coefficient (Wildman–Crippen LogP) is 5.74. The molecule has 5 nitrogen and oxygen atoms in total. The van der Waals surface area contributed by atoms with Crippen molar-refractivity contribution in [2.24, 2.45) is 11.8 Å². The average molecular weight is 545 g/mol. The number of benzene rings is 3. The molecule has 2 atom stereocenters. The van der Waals surface area contributed by atoms with Gasteiger partial charge in [0.05, 0.1) is 21.9 Å². The third kappa shape index (κ3) is 3.49. The highest BCUT2D eigenvalue weighted by Gasteiger charge is 2.62. The maximum Gasteiger partial charge on any atom is 0.471 e. The van der Waals surface area contributed by atoms with Gasteiger partial charge in [0.1, 0.15) is 6.67 Å². The normalized spacial score (nSPS) is 23.5. The Morgan fingerprint density at radius 3 is 1.65 bits per heavy atom. The smallest absolute Gasteiger partial charge is 0.286 e. The summed E-state index contributed by atoms with van der Waals surface area (Å²) in [7, 11) is 0. The van der Waals surface area contributed by atoms with Crippen LogP contribution in [0.15, 0.2) is 66.7 Å². The molecule has 0 unspecified atom stereocenters. The number of hydrogen-bond donors (Lipinski definition) is 0. The SMILES string of the molecule is O=C1[C@@H]2C3c4ccccc4C(c4ccccc43)[C@H]2C(=O)N1CN(C(=O)C(F)(F)F)c1ccc(Cl)c(Cl)c1. The van der Waals surface area contributed by atoms with Crippen LogP contribution in [-0.4, -0.2) is 35.5 Å². The van der Waals surface area contributed by atoms with E-state index in [9.17, 15) is 27.6 Å². The fraction of sp³-hybridized carbons (Fsp3) is 0.222. The summed E-state index contributed by atoms with van der Waals surface area (Å²) in [4.78, 5) is 41.1. The number of anilines is 1. The van der Waals surface area contributed by atoms with Crippen LogP contribution in [0.25, 0.3) is 0 Å². The van der Waals surface area contributed by atoms with Crippen LogP contribution in [0.5, 0.6) is 0 Å². The minimum atomic E-state index is -5.25. The molecule has 3 aliphatic carbocycles. The molecule has 1 fully saturated rings. The van der Waals surface area contributed by atoms with Gasteiger partial charge in [-0.3, -0.25) is 24.2 Å². The summed E-state index contributed by atoms with van der Waals surface area (Å²) in [5.74, 6) is -5.82. The first-order chi connectivity index (χ1) is 17.6. The Bertz CT molecular complexity index is 1380. The summed E-state index contributed by atoms with van der Waals surface area (Å²) in [6.45, 7) is -0.896. The molecule has 10 heteroatoms. The summed E-state index contributed by atoms with van der Waals surface area (Å²) >= 11 is 11.9. The van der Waals surface area contributed by atoms with Gasteiger partial charge >= 0.3 is 12.1 Å². The highest BCUT2D eigenvalue weighted by Crippen LogP contribution is 2.61. The summed E-state index contributed by atoms with van der Waals surface area (Å²) in [6, 6.07) is 18.7. The van der Waals surface area contributed by atoms with Crippen molar-refractivity contribution in [2.45, 2.75) is 18.0 Å². The Morgan fingerprint density at radius 2 is 1.24 bits per heavy atom. The van der Waals surface area contributed by atoms with Gasteiger partial charge in [-0.05, 0) is 40.5 Å². The number of imide groups is 1. The average Bonchev–Trinajstić information content (AvgIpc) is 3.13. The van der Waals surface area contributed by atoms with Gasteiger partial charge in [-0.2, -0.15) is 13.2 Å². The first-order valence-electron chi connectivity index (χ1n) is 11.5. The van der Waals surface area contributed by atoms with Crippen molar-refractivity contribution in [1.29, 1.82) is 0 Å². The first-order valence-corrected chi connectivity index (χ1v) is 12.2. The van der Waals surface area contributed by atoms with Gasteiger partial charge in [0.25, 0.3) is 0 Å². The summed E-state index contributed by atoms with van der Waals surface area (Å²) in [5.41, 5.74) is 3.50. The summed E-state index contributed by atoms with van der Waals surface area (Å²) in [6.07, 6.45) is -5.25. The molecule has 0 radical (unpaired) electrons. The van der Waals surface area contributed by atoms with Crippen molar-refractivity contribution in [2.75, 3.05) is 11.6 Å². The quantitative estimate of drug-likeness (QED) is 0.395. The van der Waals surface area contributed by atoms with E-state index in [2.05, 4.69) is 0 Å². The fourth-order valence-electron chi connectivity index (χ4n) is 6.09. The van der Waals surface area contributed by atoms with E-state index in [1.165, 1.54) is 12.1 Å². The maximum atomic E-state index is 13.8. The van der Waals surface area contributed by atoms with E-state index in [4.69, 9.17) is 23.2 Å². The van der Waals surface area contributed by atoms with Gasteiger partial charge in [0, 0.05) is 17.5 Å². The highest BCUT2D eigenvalue weighted by molar-refractivity contribution is 6.42. The number of likely N-dealkylation sites (tertiary alicyclic amines) is 1. The number of halogens is 5. The number of alkyl halides is 3. The van der Waals surface area contributed by atoms with E-state index >= 15 is 0 Å². The van der Waals surface area contributed by atoms with Crippen LogP contribution in [0.1, 0.15) is 34.1 Å². The van der Waals surface area contributed by atoms with Crippen LogP contribution in [0.2, 0.25) is 10.0 Å². The lowest BCUT2D eigenvalue weighted by molar-refractivity contribution is -0.171. The van der Waals surface area contributed by atoms with Crippen LogP contribution >= 0.6 is 23.2 Å². The Hall–Kier alpha value is -3.36. The molecule has 7 rings (SSSR count). The van der Waals surface area contributed by atoms with Gasteiger partial charge < -0.3 is 0 Å². The predicted molar refractivity (Wildman–Crippen MR) is 130 cm³/mol. The van der Waals surface area contributed by atoms with Crippen LogP contribution in [-0.2, 0) is 14.4 Å². The van der Waals surface area contributed by atoms with Gasteiger partial charge in [-0.1, -0.05) is 71.7 Å². The zero-order valence-electron chi connectivity index (χ0n) is 18.9. The number of hydrogen-bond acceptors (Lipinski definition) is 3. The van der Waals surface area contributed by atoms with Crippen molar-refractivity contribution >= 4 is 46.6 Å². The molecule has 4 aliphatic rings. The van der Waals surface area contributed by atoms with E-state index in [1.54, 1.807) is 0 Å². The molecule has 3 amide bonds. The number of amides is 3. The van der Waals surface area contributed by atoms with Crippen molar-refractivity contribution in [3.8, 4) is 0 Å². The van der Waals surface area contributed by atoms with E-state index < -0.39 is 54.2 Å². The molecule has 1 aliphatic heterocycles. The molecule has 0 N–H and O–H groups in total. The van der Waals surface area contributed by atoms with Crippen molar-refractivity contribution < 1.29 is 27.6 Å². The molecule has 0 saturated carbocycles. The van der Waals surface area contributed by atoms with E-state index in [0.29, 0.717) is 4.90 Å². The van der Waals surface area contributed by atoms with Crippen LogP contribution in [0, 0.1) is 11.8 Å². The molecule has 3 aromatic carbocycles. The van der Waals surface area contributed by atoms with Crippen LogP contribution in [0.4, 0.5) is 18.9 Å². The molecule has 188 valence electrons. The zero-order valence-corrected chi connectivity index (χ0v) is 20.4. The van der Waals surface area contributed by atoms with Crippen LogP contribution < -0.4 is 4.90 Å². The van der Waals surface area contributed by atoms with Crippen molar-refractivity contribution in [1.82, 2.24) is 4.90 Å². The minimum Gasteiger partial charge on any atom is -0.286 e. The number of nitrogens with zero attached hydrogens (tertiary/aromatic N) is 2. The molecule has 1 saturated heterocycles. The molecule has 37 heavy (non-hydrogen) atoms. The second-order valence-electron chi connectivity index (χ2n) is 9.34. The zero-order chi connectivity index (χ0) is 26.2. The number of carbonyl (C=O) groups is 3. The lowest BCUT2D eigenvalue weighted by atomic mass is 9.55. The Morgan fingerprint density at radius 1 is 0.784 bits per heavy atom. The molecular weight excluding hydrogens is 528 g/mol. The lowest BCUT2D eigenvalue weighted by Gasteiger charge is -2.45. The van der Waals surface area contributed by atoms with Gasteiger partial charge in [0.15, 0.2) is 0 Å². The van der Waals surface area contributed by atoms with E-state index in [1.807, 2.05) is 48.5 Å². The third-order valence-electron chi connectivity index (χ3n) is 7.53. The molecular formula is C27H17Cl2F3N2O3. The van der Waals surface area contributed by atoms with Gasteiger partial charge in [0.2, 0.25) is 11.8 Å². The molecule has 2 bridgehead atoms. The molecule has 3 aromatic rings. The Balaban J connectivity index is 1.43. The number of carbonyl (C=O) groups excluding carboxylic acids is 3. The Labute approximate surface area is 219 Å². The van der Waals surface area contributed by atoms with Gasteiger partial charge in [-0.15, -0.1) is 0 Å². The van der Waals surface area contributed by atoms with E-state index in [0.717, 1.165) is 33.2 Å². The maximum absolute atomic E-state index is 13.8. The molecule has 0 spiro atoms. The Kier molecular flexibility index (Phi) is 5.40. The van der Waals surface area contributed by atoms with Crippen molar-refractivity contribution in [3.63, 3.8) is 0 Å². The topological polar surface area (TPSA) is 57.7 Å². The summed E-state index contributed by atoms with van der Waals surface area (Å²) < 4.78 is 40.7. The van der Waals surface area contributed by atoms with Crippen LogP contribution in [0.3, 0.4) is 0 Å². The largest absolute Gasteiger partial charge is 0.471 e. The molecule has 0 aromatic heterocycles.